The van der Waals surface area contributed by atoms with Gasteiger partial charge in [-0.1, -0.05) is 41.9 Å². The van der Waals surface area contributed by atoms with Crippen LogP contribution in [0.4, 0.5) is 16.2 Å². The predicted octanol–water partition coefficient (Wildman–Crippen LogP) is 4.71. The quantitative estimate of drug-likeness (QED) is 0.514. The first kappa shape index (κ1) is 22.4. The molecule has 1 N–H and O–H groups in total. The first-order valence-electron chi connectivity index (χ1n) is 10.3. The number of para-hydroxylation sites is 1. The van der Waals surface area contributed by atoms with Gasteiger partial charge in [0.1, 0.15) is 11.8 Å². The van der Waals surface area contributed by atoms with Crippen molar-refractivity contribution >= 4 is 40.8 Å². The Bertz CT molecular complexity index is 1150. The van der Waals surface area contributed by atoms with Crippen LogP contribution in [0, 0.1) is 0 Å². The molecule has 0 bridgehead atoms. The SMILES string of the molecule is COc1ccc(CN2C(=O)N(c3ccc(Cl)cc3)C(=O)C2CC(=O)Nc2ccccc2)cc1. The van der Waals surface area contributed by atoms with Crippen molar-refractivity contribution in [2.75, 3.05) is 17.3 Å². The normalized spacial score (nSPS) is 15.6. The van der Waals surface area contributed by atoms with E-state index >= 15 is 0 Å². The number of nitrogens with zero attached hydrogens (tertiary/aromatic N) is 2. The van der Waals surface area contributed by atoms with Gasteiger partial charge in [-0.25, -0.2) is 9.69 Å². The van der Waals surface area contributed by atoms with Crippen molar-refractivity contribution in [3.8, 4) is 5.75 Å². The van der Waals surface area contributed by atoms with Crippen LogP contribution in [0.15, 0.2) is 78.9 Å². The summed E-state index contributed by atoms with van der Waals surface area (Å²) < 4.78 is 5.19. The molecule has 0 saturated carbocycles. The maximum absolute atomic E-state index is 13.3. The fourth-order valence-electron chi connectivity index (χ4n) is 3.68. The van der Waals surface area contributed by atoms with Gasteiger partial charge in [-0.3, -0.25) is 9.59 Å². The molecule has 4 amide bonds. The highest BCUT2D eigenvalue weighted by atomic mass is 35.5. The second-order valence-corrected chi connectivity index (χ2v) is 7.98. The Labute approximate surface area is 196 Å². The van der Waals surface area contributed by atoms with E-state index in [-0.39, 0.29) is 18.9 Å². The zero-order valence-corrected chi connectivity index (χ0v) is 18.7. The van der Waals surface area contributed by atoms with Crippen molar-refractivity contribution in [1.29, 1.82) is 0 Å². The zero-order chi connectivity index (χ0) is 23.4. The molecule has 1 aliphatic heterocycles. The van der Waals surface area contributed by atoms with E-state index in [4.69, 9.17) is 16.3 Å². The Hall–Kier alpha value is -3.84. The number of methoxy groups -OCH3 is 1. The summed E-state index contributed by atoms with van der Waals surface area (Å²) >= 11 is 5.96. The summed E-state index contributed by atoms with van der Waals surface area (Å²) in [4.78, 5) is 41.9. The Morgan fingerprint density at radius 2 is 1.64 bits per heavy atom. The number of amides is 4. The van der Waals surface area contributed by atoms with Crippen LogP contribution in [-0.2, 0) is 16.1 Å². The van der Waals surface area contributed by atoms with E-state index in [0.29, 0.717) is 22.1 Å². The van der Waals surface area contributed by atoms with Crippen LogP contribution in [0.2, 0.25) is 5.02 Å². The molecule has 7 nitrogen and oxygen atoms in total. The molecule has 168 valence electrons. The number of ether oxygens (including phenoxy) is 1. The number of carbonyl (C=O) groups excluding carboxylic acids is 3. The van der Waals surface area contributed by atoms with Gasteiger partial charge in [-0.15, -0.1) is 0 Å². The van der Waals surface area contributed by atoms with Crippen molar-refractivity contribution < 1.29 is 19.1 Å². The number of carbonyl (C=O) groups is 3. The van der Waals surface area contributed by atoms with Gasteiger partial charge in [0.25, 0.3) is 5.91 Å². The Kier molecular flexibility index (Phi) is 6.60. The van der Waals surface area contributed by atoms with E-state index in [0.717, 1.165) is 10.5 Å². The minimum atomic E-state index is -0.945. The number of hydrogen-bond donors (Lipinski definition) is 1. The topological polar surface area (TPSA) is 79.0 Å². The lowest BCUT2D eigenvalue weighted by Crippen LogP contribution is -2.37. The van der Waals surface area contributed by atoms with E-state index in [1.165, 1.54) is 4.90 Å². The molecule has 33 heavy (non-hydrogen) atoms. The third-order valence-electron chi connectivity index (χ3n) is 5.35. The molecule has 1 atom stereocenters. The lowest BCUT2D eigenvalue weighted by molar-refractivity contribution is -0.124. The summed E-state index contributed by atoms with van der Waals surface area (Å²) in [6.45, 7) is 0.169. The molecule has 1 fully saturated rings. The molecule has 3 aromatic carbocycles. The average molecular weight is 464 g/mol. The molecule has 4 rings (SSSR count). The van der Waals surface area contributed by atoms with Crippen molar-refractivity contribution in [3.63, 3.8) is 0 Å². The van der Waals surface area contributed by atoms with Gasteiger partial charge in [-0.2, -0.15) is 0 Å². The minimum absolute atomic E-state index is 0.167. The second kappa shape index (κ2) is 9.75. The van der Waals surface area contributed by atoms with Gasteiger partial charge in [-0.05, 0) is 54.1 Å². The number of rotatable bonds is 7. The molecule has 0 aliphatic carbocycles. The standard InChI is InChI=1S/C25H22ClN3O4/c1-33-21-13-7-17(8-14-21)16-28-22(15-23(30)27-19-5-3-2-4-6-19)24(31)29(25(28)32)20-11-9-18(26)10-12-20/h2-14,22H,15-16H2,1H3,(H,27,30). The Morgan fingerprint density at radius 3 is 2.27 bits per heavy atom. The first-order chi connectivity index (χ1) is 16.0. The number of nitrogens with one attached hydrogen (secondary N) is 1. The van der Waals surface area contributed by atoms with Gasteiger partial charge in [0.05, 0.1) is 19.2 Å². The molecule has 0 aromatic heterocycles. The fourth-order valence-corrected chi connectivity index (χ4v) is 3.80. The van der Waals surface area contributed by atoms with E-state index in [2.05, 4.69) is 5.32 Å². The molecule has 8 heteroatoms. The molecular formula is C25H22ClN3O4. The molecule has 0 radical (unpaired) electrons. The number of imide groups is 1. The summed E-state index contributed by atoms with van der Waals surface area (Å²) in [5.41, 5.74) is 1.83. The number of anilines is 2. The van der Waals surface area contributed by atoms with Crippen molar-refractivity contribution in [3.05, 3.63) is 89.4 Å². The maximum atomic E-state index is 13.3. The third-order valence-corrected chi connectivity index (χ3v) is 5.60. The van der Waals surface area contributed by atoms with E-state index in [1.54, 1.807) is 67.8 Å². The minimum Gasteiger partial charge on any atom is -0.497 e. The molecule has 1 aliphatic rings. The van der Waals surface area contributed by atoms with Crippen LogP contribution in [0.3, 0.4) is 0 Å². The van der Waals surface area contributed by atoms with Crippen molar-refractivity contribution in [1.82, 2.24) is 4.90 Å². The highest BCUT2D eigenvalue weighted by Gasteiger charge is 2.46. The summed E-state index contributed by atoms with van der Waals surface area (Å²) in [6.07, 6.45) is -0.167. The second-order valence-electron chi connectivity index (χ2n) is 7.54. The van der Waals surface area contributed by atoms with Crippen LogP contribution < -0.4 is 15.0 Å². The zero-order valence-electron chi connectivity index (χ0n) is 17.9. The van der Waals surface area contributed by atoms with E-state index in [9.17, 15) is 14.4 Å². The van der Waals surface area contributed by atoms with Gasteiger partial charge < -0.3 is 15.0 Å². The number of halogens is 1. The van der Waals surface area contributed by atoms with Gasteiger partial charge in [0.2, 0.25) is 5.91 Å². The lowest BCUT2D eigenvalue weighted by atomic mass is 10.1. The molecule has 0 spiro atoms. The molecular weight excluding hydrogens is 442 g/mol. The van der Waals surface area contributed by atoms with Crippen LogP contribution in [-0.4, -0.2) is 35.9 Å². The van der Waals surface area contributed by atoms with Gasteiger partial charge in [0.15, 0.2) is 0 Å². The Balaban J connectivity index is 1.60. The van der Waals surface area contributed by atoms with Crippen LogP contribution in [0.5, 0.6) is 5.75 Å². The van der Waals surface area contributed by atoms with Gasteiger partial charge >= 0.3 is 6.03 Å². The van der Waals surface area contributed by atoms with Crippen molar-refractivity contribution in [2.45, 2.75) is 19.0 Å². The monoisotopic (exact) mass is 463 g/mol. The average Bonchev–Trinajstić information content (AvgIpc) is 3.05. The highest BCUT2D eigenvalue weighted by Crippen LogP contribution is 2.29. The number of benzene rings is 3. The van der Waals surface area contributed by atoms with Gasteiger partial charge in [0, 0.05) is 17.3 Å². The van der Waals surface area contributed by atoms with E-state index in [1.807, 2.05) is 18.2 Å². The number of hydrogen-bond acceptors (Lipinski definition) is 4. The fraction of sp³-hybridized carbons (Fsp3) is 0.160. The maximum Gasteiger partial charge on any atom is 0.332 e. The largest absolute Gasteiger partial charge is 0.497 e. The summed E-state index contributed by atoms with van der Waals surface area (Å²) in [5, 5.41) is 3.28. The van der Waals surface area contributed by atoms with Crippen LogP contribution >= 0.6 is 11.6 Å². The molecule has 1 saturated heterocycles. The predicted molar refractivity (Wildman–Crippen MR) is 126 cm³/mol. The van der Waals surface area contributed by atoms with Crippen LogP contribution in [0.25, 0.3) is 0 Å². The summed E-state index contributed by atoms with van der Waals surface area (Å²) in [7, 11) is 1.57. The highest BCUT2D eigenvalue weighted by molar-refractivity contribution is 6.30. The smallest absolute Gasteiger partial charge is 0.332 e. The molecule has 1 unspecified atom stereocenters. The Morgan fingerprint density at radius 1 is 0.970 bits per heavy atom. The summed E-state index contributed by atoms with van der Waals surface area (Å²) in [5.74, 6) is -0.131. The number of urea groups is 1. The van der Waals surface area contributed by atoms with E-state index < -0.39 is 18.0 Å². The lowest BCUT2D eigenvalue weighted by Gasteiger charge is -2.22. The van der Waals surface area contributed by atoms with Crippen LogP contribution in [0.1, 0.15) is 12.0 Å². The first-order valence-corrected chi connectivity index (χ1v) is 10.7. The third kappa shape index (κ3) is 4.99. The molecule has 1 heterocycles. The van der Waals surface area contributed by atoms with Crippen molar-refractivity contribution in [2.24, 2.45) is 0 Å². The molecule has 3 aromatic rings. The summed E-state index contributed by atoms with van der Waals surface area (Å²) in [6, 6.07) is 21.2.